The van der Waals surface area contributed by atoms with E-state index in [0.717, 1.165) is 11.1 Å². The molecule has 46 heavy (non-hydrogen) atoms. The van der Waals surface area contributed by atoms with Gasteiger partial charge in [0.1, 0.15) is 30.8 Å². The van der Waals surface area contributed by atoms with Gasteiger partial charge in [0.15, 0.2) is 0 Å². The molecule has 0 spiro atoms. The van der Waals surface area contributed by atoms with Crippen LogP contribution in [0.5, 0.6) is 5.75 Å². The number of amides is 2. The Hall–Kier alpha value is -5.31. The van der Waals surface area contributed by atoms with E-state index >= 15 is 0 Å². The van der Waals surface area contributed by atoms with E-state index in [1.807, 2.05) is 60.7 Å². The Labute approximate surface area is 267 Å². The molecule has 3 atom stereocenters. The van der Waals surface area contributed by atoms with Gasteiger partial charge < -0.3 is 30.2 Å². The minimum atomic E-state index is -1.01. The van der Waals surface area contributed by atoms with Crippen molar-refractivity contribution in [1.82, 2.24) is 20.6 Å². The van der Waals surface area contributed by atoms with Gasteiger partial charge in [-0.3, -0.25) is 4.79 Å². The number of rotatable bonds is 12. The zero-order chi connectivity index (χ0) is 32.1. The number of alkyl carbamates (subject to hydrolysis) is 1. The van der Waals surface area contributed by atoms with E-state index in [-0.39, 0.29) is 12.2 Å². The summed E-state index contributed by atoms with van der Waals surface area (Å²) in [5.74, 6) is -0.262. The molecule has 2 heterocycles. The van der Waals surface area contributed by atoms with Gasteiger partial charge in [-0.05, 0) is 48.2 Å². The average Bonchev–Trinajstić information content (AvgIpc) is 3.11. The number of nitriles is 1. The highest BCUT2D eigenvalue weighted by molar-refractivity contribution is 5.98. The summed E-state index contributed by atoms with van der Waals surface area (Å²) in [6.07, 6.45) is 3.18. The third kappa shape index (κ3) is 8.65. The predicted octanol–water partition coefficient (Wildman–Crippen LogP) is 4.21. The number of benzene rings is 3. The zero-order valence-electron chi connectivity index (χ0n) is 25.5. The summed E-state index contributed by atoms with van der Waals surface area (Å²) in [6.45, 7) is 1.68. The monoisotopic (exact) mass is 620 g/mol. The van der Waals surface area contributed by atoms with Crippen molar-refractivity contribution in [3.05, 3.63) is 120 Å². The Morgan fingerprint density at radius 2 is 1.67 bits per heavy atom. The average molecular weight is 621 g/mol. The Morgan fingerprint density at radius 1 is 1.00 bits per heavy atom. The summed E-state index contributed by atoms with van der Waals surface area (Å²) in [5.41, 5.74) is 3.39. The number of hydrogen-bond donors (Lipinski definition) is 3. The first-order valence-corrected chi connectivity index (χ1v) is 15.1. The van der Waals surface area contributed by atoms with Crippen LogP contribution in [0.4, 0.5) is 10.5 Å². The second kappa shape index (κ2) is 16.1. The van der Waals surface area contributed by atoms with Gasteiger partial charge in [-0.2, -0.15) is 5.26 Å². The van der Waals surface area contributed by atoms with Gasteiger partial charge in [0.25, 0.3) is 0 Å². The zero-order valence-corrected chi connectivity index (χ0v) is 25.5. The molecule has 0 bridgehead atoms. The first-order valence-electron chi connectivity index (χ1n) is 15.1. The topological polar surface area (TPSA) is 147 Å². The van der Waals surface area contributed by atoms with Crippen molar-refractivity contribution in [2.75, 3.05) is 32.1 Å². The van der Waals surface area contributed by atoms with Crippen LogP contribution >= 0.6 is 0 Å². The van der Waals surface area contributed by atoms with E-state index in [4.69, 9.17) is 19.5 Å². The van der Waals surface area contributed by atoms with Crippen LogP contribution in [-0.4, -0.2) is 67.0 Å². The van der Waals surface area contributed by atoms with Crippen molar-refractivity contribution in [1.29, 1.82) is 5.26 Å². The highest BCUT2D eigenvalue weighted by Gasteiger charge is 2.33. The second-order valence-corrected chi connectivity index (χ2v) is 10.8. The smallest absolute Gasteiger partial charge is 0.407 e. The van der Waals surface area contributed by atoms with Crippen LogP contribution in [0, 0.1) is 11.3 Å². The summed E-state index contributed by atoms with van der Waals surface area (Å²) < 4.78 is 17.1. The number of aryl methyl sites for hydroxylation is 1. The van der Waals surface area contributed by atoms with E-state index in [2.05, 4.69) is 32.0 Å². The molecule has 11 nitrogen and oxygen atoms in total. The summed E-state index contributed by atoms with van der Waals surface area (Å²) in [4.78, 5) is 35.1. The van der Waals surface area contributed by atoms with Crippen molar-refractivity contribution in [2.45, 2.75) is 37.0 Å². The molecular formula is C35H36N6O5. The molecular weight excluding hydrogens is 584 g/mol. The minimum absolute atomic E-state index is 0.101. The van der Waals surface area contributed by atoms with Crippen LogP contribution in [0.3, 0.4) is 0 Å². The standard InChI is InChI=1S/C35H36N6O5/c1-44-35(43)41-33(32(25-8-4-2-5-9-25)26-10-6-3-7-11-26)34(42)40-31-21-38-23-39-30(31)17-16-28-19-37-20-29(46-28)22-45-27-14-12-24(18-36)13-15-27/h2-15,21,23,28-29,32-33,37H,16-17,19-20,22H2,1H3,(H,40,42)(H,41,43)/t28-,29+,33?/m1/s1. The van der Waals surface area contributed by atoms with Gasteiger partial charge in [-0.15, -0.1) is 0 Å². The number of aromatic nitrogens is 2. The highest BCUT2D eigenvalue weighted by atomic mass is 16.5. The minimum Gasteiger partial charge on any atom is -0.491 e. The third-order valence-electron chi connectivity index (χ3n) is 7.70. The molecule has 5 rings (SSSR count). The van der Waals surface area contributed by atoms with E-state index in [9.17, 15) is 9.59 Å². The molecule has 0 saturated carbocycles. The van der Waals surface area contributed by atoms with Crippen LogP contribution in [0.1, 0.15) is 34.7 Å². The summed E-state index contributed by atoms with van der Waals surface area (Å²) >= 11 is 0. The van der Waals surface area contributed by atoms with Crippen LogP contribution in [0.15, 0.2) is 97.5 Å². The van der Waals surface area contributed by atoms with Gasteiger partial charge in [-0.1, -0.05) is 60.7 Å². The van der Waals surface area contributed by atoms with Crippen molar-refractivity contribution >= 4 is 17.7 Å². The number of hydrogen-bond acceptors (Lipinski definition) is 9. The molecule has 1 saturated heterocycles. The molecule has 0 radical (unpaired) electrons. The normalized spacial score (nSPS) is 16.5. The van der Waals surface area contributed by atoms with E-state index in [1.165, 1.54) is 13.4 Å². The summed E-state index contributed by atoms with van der Waals surface area (Å²) in [7, 11) is 1.26. The number of carbonyl (C=O) groups is 2. The first-order chi connectivity index (χ1) is 22.5. The lowest BCUT2D eigenvalue weighted by atomic mass is 9.84. The quantitative estimate of drug-likeness (QED) is 0.212. The third-order valence-corrected chi connectivity index (χ3v) is 7.70. The number of anilines is 1. The largest absolute Gasteiger partial charge is 0.491 e. The molecule has 11 heteroatoms. The van der Waals surface area contributed by atoms with Crippen molar-refractivity contribution in [3.63, 3.8) is 0 Å². The maximum atomic E-state index is 14.0. The lowest BCUT2D eigenvalue weighted by Crippen LogP contribution is -2.48. The molecule has 3 aromatic carbocycles. The molecule has 1 aromatic heterocycles. The molecule has 2 amide bonds. The molecule has 236 valence electrons. The highest BCUT2D eigenvalue weighted by Crippen LogP contribution is 2.29. The summed E-state index contributed by atoms with van der Waals surface area (Å²) in [5, 5.41) is 18.1. The van der Waals surface area contributed by atoms with Crippen LogP contribution in [0.2, 0.25) is 0 Å². The number of ether oxygens (including phenoxy) is 3. The van der Waals surface area contributed by atoms with Crippen molar-refractivity contribution in [3.8, 4) is 11.8 Å². The van der Waals surface area contributed by atoms with Crippen LogP contribution in [-0.2, 0) is 20.7 Å². The number of morpholine rings is 1. The van der Waals surface area contributed by atoms with E-state index in [0.29, 0.717) is 55.2 Å². The lowest BCUT2D eigenvalue weighted by Gasteiger charge is -2.31. The Kier molecular flexibility index (Phi) is 11.3. The van der Waals surface area contributed by atoms with E-state index < -0.39 is 24.0 Å². The molecule has 4 aromatic rings. The Balaban J connectivity index is 1.26. The Bertz CT molecular complexity index is 1570. The number of carbonyl (C=O) groups excluding carboxylic acids is 2. The Morgan fingerprint density at radius 3 is 2.33 bits per heavy atom. The molecule has 1 aliphatic heterocycles. The van der Waals surface area contributed by atoms with Gasteiger partial charge in [0.05, 0.1) is 42.4 Å². The maximum Gasteiger partial charge on any atom is 0.407 e. The molecule has 1 fully saturated rings. The van der Waals surface area contributed by atoms with Gasteiger partial charge in [0, 0.05) is 19.0 Å². The number of nitrogens with zero attached hydrogens (tertiary/aromatic N) is 3. The summed E-state index contributed by atoms with van der Waals surface area (Å²) in [6, 6.07) is 27.1. The second-order valence-electron chi connectivity index (χ2n) is 10.8. The van der Waals surface area contributed by atoms with Gasteiger partial charge in [-0.25, -0.2) is 14.8 Å². The first kappa shape index (κ1) is 32.1. The van der Waals surface area contributed by atoms with Gasteiger partial charge in [0.2, 0.25) is 5.91 Å². The molecule has 1 aliphatic rings. The number of nitrogens with one attached hydrogen (secondary N) is 3. The van der Waals surface area contributed by atoms with E-state index in [1.54, 1.807) is 30.5 Å². The number of methoxy groups -OCH3 is 1. The van der Waals surface area contributed by atoms with Crippen LogP contribution in [0.25, 0.3) is 0 Å². The fraction of sp³-hybridized carbons (Fsp3) is 0.286. The van der Waals surface area contributed by atoms with Crippen molar-refractivity contribution in [2.24, 2.45) is 0 Å². The predicted molar refractivity (Wildman–Crippen MR) is 171 cm³/mol. The fourth-order valence-corrected chi connectivity index (χ4v) is 5.41. The maximum absolute atomic E-state index is 14.0. The van der Waals surface area contributed by atoms with Crippen LogP contribution < -0.4 is 20.7 Å². The molecule has 1 unspecified atom stereocenters. The molecule has 3 N–H and O–H groups in total. The molecule has 0 aliphatic carbocycles. The fourth-order valence-electron chi connectivity index (χ4n) is 5.41. The van der Waals surface area contributed by atoms with Crippen molar-refractivity contribution < 1.29 is 23.8 Å². The SMILES string of the molecule is COC(=O)NC(C(=O)Nc1cncnc1CC[C@@H]1CNC[C@@H](COc2ccc(C#N)cc2)O1)C(c1ccccc1)c1ccccc1. The lowest BCUT2D eigenvalue weighted by molar-refractivity contribution is -0.118. The van der Waals surface area contributed by atoms with Gasteiger partial charge >= 0.3 is 6.09 Å².